The summed E-state index contributed by atoms with van der Waals surface area (Å²) in [5.74, 6) is 0. The van der Waals surface area contributed by atoms with Crippen molar-refractivity contribution in [1.29, 1.82) is 0 Å². The molecule has 1 unspecified atom stereocenters. The molecule has 1 aliphatic rings. The fourth-order valence-corrected chi connectivity index (χ4v) is 2.49. The van der Waals surface area contributed by atoms with Gasteiger partial charge in [0.1, 0.15) is 5.65 Å². The van der Waals surface area contributed by atoms with Crippen LogP contribution in [0.4, 0.5) is 0 Å². The van der Waals surface area contributed by atoms with Crippen molar-refractivity contribution >= 4 is 17.2 Å². The fraction of sp³-hybridized carbons (Fsp3) is 0.462. The van der Waals surface area contributed by atoms with Gasteiger partial charge in [-0.05, 0) is 31.4 Å². The van der Waals surface area contributed by atoms with E-state index in [1.807, 2.05) is 28.9 Å². The smallest absolute Gasteiger partial charge is 0.137 e. The maximum atomic E-state index is 5.95. The summed E-state index contributed by atoms with van der Waals surface area (Å²) in [5.41, 5.74) is 2.03. The monoisotopic (exact) mass is 250 g/mol. The molecule has 3 heterocycles. The summed E-state index contributed by atoms with van der Waals surface area (Å²) >= 11 is 5.95. The van der Waals surface area contributed by atoms with E-state index < -0.39 is 0 Å². The van der Waals surface area contributed by atoms with Gasteiger partial charge in [-0.25, -0.2) is 4.98 Å². The summed E-state index contributed by atoms with van der Waals surface area (Å²) in [7, 11) is 0. The van der Waals surface area contributed by atoms with E-state index in [0.717, 1.165) is 35.8 Å². The molecule has 0 amide bonds. The number of hydrogen-bond acceptors (Lipinski definition) is 2. The zero-order chi connectivity index (χ0) is 11.7. The second-order valence-corrected chi connectivity index (χ2v) is 4.97. The Balaban J connectivity index is 1.80. The lowest BCUT2D eigenvalue weighted by atomic mass is 10.1. The Bertz CT molecular complexity index is 517. The molecule has 0 aliphatic carbocycles. The predicted molar refractivity (Wildman–Crippen MR) is 67.5 cm³/mol. The number of ether oxygens (including phenoxy) is 1. The molecular weight excluding hydrogens is 236 g/mol. The Kier molecular flexibility index (Phi) is 3.04. The molecule has 3 nitrogen and oxygen atoms in total. The first-order valence-corrected chi connectivity index (χ1v) is 6.44. The molecule has 17 heavy (non-hydrogen) atoms. The molecule has 1 atom stereocenters. The second-order valence-electron chi connectivity index (χ2n) is 4.54. The van der Waals surface area contributed by atoms with Crippen molar-refractivity contribution < 1.29 is 4.74 Å². The molecule has 0 saturated carbocycles. The molecule has 4 heteroatoms. The summed E-state index contributed by atoms with van der Waals surface area (Å²) in [6, 6.07) is 3.80. The molecule has 1 saturated heterocycles. The van der Waals surface area contributed by atoms with E-state index in [0.29, 0.717) is 6.10 Å². The number of aromatic nitrogens is 2. The van der Waals surface area contributed by atoms with Crippen molar-refractivity contribution in [3.63, 3.8) is 0 Å². The minimum Gasteiger partial charge on any atom is -0.378 e. The van der Waals surface area contributed by atoms with E-state index in [1.54, 1.807) is 0 Å². The molecule has 1 fully saturated rings. The zero-order valence-electron chi connectivity index (χ0n) is 9.60. The van der Waals surface area contributed by atoms with Crippen molar-refractivity contribution in [2.75, 3.05) is 6.61 Å². The molecule has 1 aliphatic heterocycles. The first-order valence-electron chi connectivity index (χ1n) is 6.06. The SMILES string of the molecule is Clc1ccc2nc(CC3CCCCO3)cn2c1. The molecule has 2 aromatic heterocycles. The third-order valence-corrected chi connectivity index (χ3v) is 3.40. The zero-order valence-corrected chi connectivity index (χ0v) is 10.4. The van der Waals surface area contributed by atoms with Gasteiger partial charge < -0.3 is 9.14 Å². The summed E-state index contributed by atoms with van der Waals surface area (Å²) < 4.78 is 7.70. The van der Waals surface area contributed by atoms with Crippen molar-refractivity contribution in [2.24, 2.45) is 0 Å². The average molecular weight is 251 g/mol. The van der Waals surface area contributed by atoms with E-state index in [2.05, 4.69) is 4.98 Å². The highest BCUT2D eigenvalue weighted by molar-refractivity contribution is 6.30. The normalized spacial score (nSPS) is 20.9. The molecule has 2 aromatic rings. The van der Waals surface area contributed by atoms with Crippen LogP contribution in [-0.2, 0) is 11.2 Å². The van der Waals surface area contributed by atoms with Gasteiger partial charge in [-0.2, -0.15) is 0 Å². The van der Waals surface area contributed by atoms with Crippen LogP contribution in [0.2, 0.25) is 5.02 Å². The van der Waals surface area contributed by atoms with Crippen LogP contribution in [0.3, 0.4) is 0 Å². The molecule has 0 radical (unpaired) electrons. The van der Waals surface area contributed by atoms with Gasteiger partial charge in [-0.15, -0.1) is 0 Å². The van der Waals surface area contributed by atoms with Crippen LogP contribution < -0.4 is 0 Å². The van der Waals surface area contributed by atoms with Gasteiger partial charge in [0.05, 0.1) is 16.8 Å². The molecule has 90 valence electrons. The van der Waals surface area contributed by atoms with Crippen LogP contribution in [0.25, 0.3) is 5.65 Å². The Hall–Kier alpha value is -1.06. The highest BCUT2D eigenvalue weighted by atomic mass is 35.5. The quantitative estimate of drug-likeness (QED) is 0.819. The molecule has 3 rings (SSSR count). The third kappa shape index (κ3) is 2.45. The summed E-state index contributed by atoms with van der Waals surface area (Å²) in [5, 5.41) is 0.732. The van der Waals surface area contributed by atoms with Crippen LogP contribution in [0.15, 0.2) is 24.5 Å². The maximum absolute atomic E-state index is 5.95. The van der Waals surface area contributed by atoms with Crippen molar-refractivity contribution in [3.8, 4) is 0 Å². The lowest BCUT2D eigenvalue weighted by Crippen LogP contribution is -2.21. The number of pyridine rings is 1. The molecule has 0 aromatic carbocycles. The largest absolute Gasteiger partial charge is 0.378 e. The lowest BCUT2D eigenvalue weighted by molar-refractivity contribution is 0.0163. The van der Waals surface area contributed by atoms with Gasteiger partial charge >= 0.3 is 0 Å². The number of nitrogens with zero attached hydrogens (tertiary/aromatic N) is 2. The second kappa shape index (κ2) is 4.67. The van der Waals surface area contributed by atoms with Gasteiger partial charge in [0.25, 0.3) is 0 Å². The van der Waals surface area contributed by atoms with Crippen molar-refractivity contribution in [2.45, 2.75) is 31.8 Å². The highest BCUT2D eigenvalue weighted by Gasteiger charge is 2.15. The fourth-order valence-electron chi connectivity index (χ4n) is 2.32. The standard InChI is InChI=1S/C13H15ClN2O/c14-10-4-5-13-15-11(9-16(13)8-10)7-12-3-1-2-6-17-12/h4-5,8-9,12H,1-3,6-7H2. The number of imidazole rings is 1. The summed E-state index contributed by atoms with van der Waals surface area (Å²) in [6.45, 7) is 0.893. The molecular formula is C13H15ClN2O. The molecule has 0 N–H and O–H groups in total. The maximum Gasteiger partial charge on any atom is 0.137 e. The third-order valence-electron chi connectivity index (χ3n) is 3.18. The van der Waals surface area contributed by atoms with Crippen LogP contribution >= 0.6 is 11.6 Å². The number of halogens is 1. The predicted octanol–water partition coefficient (Wildman–Crippen LogP) is 3.10. The topological polar surface area (TPSA) is 26.5 Å². The number of fused-ring (bicyclic) bond motifs is 1. The Morgan fingerprint density at radius 3 is 3.12 bits per heavy atom. The van der Waals surface area contributed by atoms with Gasteiger partial charge in [-0.1, -0.05) is 11.6 Å². The number of rotatable bonds is 2. The molecule has 0 spiro atoms. The van der Waals surface area contributed by atoms with Crippen LogP contribution in [-0.4, -0.2) is 22.1 Å². The Labute approximate surface area is 105 Å². The first-order chi connectivity index (χ1) is 8.31. The Morgan fingerprint density at radius 2 is 2.29 bits per heavy atom. The molecule has 0 bridgehead atoms. The minimum absolute atomic E-state index is 0.337. The summed E-state index contributed by atoms with van der Waals surface area (Å²) in [4.78, 5) is 4.57. The Morgan fingerprint density at radius 1 is 1.35 bits per heavy atom. The minimum atomic E-state index is 0.337. The van der Waals surface area contributed by atoms with E-state index in [-0.39, 0.29) is 0 Å². The first kappa shape index (κ1) is 11.1. The van der Waals surface area contributed by atoms with E-state index in [4.69, 9.17) is 16.3 Å². The number of hydrogen-bond donors (Lipinski definition) is 0. The van der Waals surface area contributed by atoms with Gasteiger partial charge in [0.2, 0.25) is 0 Å². The van der Waals surface area contributed by atoms with Crippen LogP contribution in [0, 0.1) is 0 Å². The highest BCUT2D eigenvalue weighted by Crippen LogP contribution is 2.18. The van der Waals surface area contributed by atoms with E-state index in [9.17, 15) is 0 Å². The van der Waals surface area contributed by atoms with E-state index >= 15 is 0 Å². The van der Waals surface area contributed by atoms with Crippen LogP contribution in [0.1, 0.15) is 25.0 Å². The van der Waals surface area contributed by atoms with Crippen molar-refractivity contribution in [1.82, 2.24) is 9.38 Å². The van der Waals surface area contributed by atoms with Crippen LogP contribution in [0.5, 0.6) is 0 Å². The van der Waals surface area contributed by atoms with E-state index in [1.165, 1.54) is 12.8 Å². The van der Waals surface area contributed by atoms with Gasteiger partial charge in [-0.3, -0.25) is 0 Å². The van der Waals surface area contributed by atoms with Crippen molar-refractivity contribution in [3.05, 3.63) is 35.2 Å². The van der Waals surface area contributed by atoms with Gasteiger partial charge in [0, 0.05) is 25.4 Å². The average Bonchev–Trinajstić information content (AvgIpc) is 2.71. The van der Waals surface area contributed by atoms with Gasteiger partial charge in [0.15, 0.2) is 0 Å². The lowest BCUT2D eigenvalue weighted by Gasteiger charge is -2.21. The summed E-state index contributed by atoms with van der Waals surface area (Å²) in [6.07, 6.45) is 8.77.